The maximum absolute atomic E-state index is 10.5. The fraction of sp³-hybridized carbons (Fsp3) is 0.286. The molecule has 0 aliphatic carbocycles. The lowest BCUT2D eigenvalue weighted by Gasteiger charge is -2.01. The van der Waals surface area contributed by atoms with Gasteiger partial charge in [-0.2, -0.15) is 19.4 Å². The first-order chi connectivity index (χ1) is 6.56. The van der Waals surface area contributed by atoms with Gasteiger partial charge in [0.1, 0.15) is 6.61 Å². The van der Waals surface area contributed by atoms with Crippen LogP contribution in [0.2, 0.25) is 0 Å². The maximum atomic E-state index is 10.5. The maximum Gasteiger partial charge on any atom is 0.558 e. The molecule has 0 rings (SSSR count). The van der Waals surface area contributed by atoms with Gasteiger partial charge in [-0.25, -0.2) is 0 Å². The monoisotopic (exact) mass is 204 g/mol. The molecule has 7 nitrogen and oxygen atoms in total. The van der Waals surface area contributed by atoms with Crippen molar-refractivity contribution in [2.75, 3.05) is 6.61 Å². The van der Waals surface area contributed by atoms with Gasteiger partial charge in [0.2, 0.25) is 0 Å². The van der Waals surface area contributed by atoms with Crippen LogP contribution in [0.1, 0.15) is 6.92 Å². The van der Waals surface area contributed by atoms with Crippen LogP contribution >= 0.6 is 0 Å². The van der Waals surface area contributed by atoms with E-state index in [1.165, 1.54) is 6.08 Å². The van der Waals surface area contributed by atoms with E-state index in [4.69, 9.17) is 0 Å². The minimum atomic E-state index is -1.45. The Hall–Kier alpha value is -2.05. The number of hydrogen-bond acceptors (Lipinski definition) is 7. The van der Waals surface area contributed by atoms with Gasteiger partial charge in [0.05, 0.1) is 0 Å². The summed E-state index contributed by atoms with van der Waals surface area (Å²) in [4.78, 5) is 38.6. The standard InChI is InChI=1S/C7H8O7/c1-3-4-11-6(9)13-14-7(10)12-5(2)8/h3H,1,4H2,2H3. The third-order valence-electron chi connectivity index (χ3n) is 0.724. The summed E-state index contributed by atoms with van der Waals surface area (Å²) in [6, 6.07) is 0. The second-order valence-corrected chi connectivity index (χ2v) is 1.86. The van der Waals surface area contributed by atoms with Crippen molar-refractivity contribution in [1.29, 1.82) is 0 Å². The van der Waals surface area contributed by atoms with Crippen LogP contribution in [0.3, 0.4) is 0 Å². The van der Waals surface area contributed by atoms with Gasteiger partial charge in [-0.05, 0) is 0 Å². The minimum Gasteiger partial charge on any atom is -0.428 e. The highest BCUT2D eigenvalue weighted by atomic mass is 17.3. The third-order valence-corrected chi connectivity index (χ3v) is 0.724. The van der Waals surface area contributed by atoms with Gasteiger partial charge in [0.25, 0.3) is 0 Å². The van der Waals surface area contributed by atoms with Crippen LogP contribution in [0, 0.1) is 0 Å². The molecule has 0 heterocycles. The van der Waals surface area contributed by atoms with Gasteiger partial charge in [-0.15, -0.1) is 0 Å². The van der Waals surface area contributed by atoms with Crippen LogP contribution < -0.4 is 0 Å². The summed E-state index contributed by atoms with van der Waals surface area (Å²) < 4.78 is 8.10. The lowest BCUT2D eigenvalue weighted by atomic mass is 10.7. The molecule has 14 heavy (non-hydrogen) atoms. The fourth-order valence-corrected chi connectivity index (χ4v) is 0.353. The molecule has 0 atom stereocenters. The zero-order valence-electron chi connectivity index (χ0n) is 7.35. The summed E-state index contributed by atoms with van der Waals surface area (Å²) in [5, 5.41) is 0. The van der Waals surface area contributed by atoms with Gasteiger partial charge in [0.15, 0.2) is 0 Å². The topological polar surface area (TPSA) is 88.1 Å². The molecule has 0 fully saturated rings. The first-order valence-electron chi connectivity index (χ1n) is 3.40. The van der Waals surface area contributed by atoms with Gasteiger partial charge >= 0.3 is 18.3 Å². The van der Waals surface area contributed by atoms with E-state index in [-0.39, 0.29) is 6.61 Å². The van der Waals surface area contributed by atoms with Crippen LogP contribution in [-0.2, 0) is 24.0 Å². The molecule has 78 valence electrons. The predicted molar refractivity (Wildman–Crippen MR) is 40.9 cm³/mol. The quantitative estimate of drug-likeness (QED) is 0.217. The number of carbonyl (C=O) groups is 3. The van der Waals surface area contributed by atoms with Gasteiger partial charge in [-0.1, -0.05) is 12.7 Å². The summed E-state index contributed by atoms with van der Waals surface area (Å²) in [7, 11) is 0. The molecule has 0 aliphatic heterocycles. The first kappa shape index (κ1) is 11.9. The van der Waals surface area contributed by atoms with Gasteiger partial charge < -0.3 is 9.47 Å². The summed E-state index contributed by atoms with van der Waals surface area (Å²) in [6.07, 6.45) is -1.41. The van der Waals surface area contributed by atoms with E-state index >= 15 is 0 Å². The van der Waals surface area contributed by atoms with Crippen molar-refractivity contribution in [2.24, 2.45) is 0 Å². The normalized spacial score (nSPS) is 8.36. The lowest BCUT2D eigenvalue weighted by molar-refractivity contribution is -0.216. The van der Waals surface area contributed by atoms with E-state index < -0.39 is 18.3 Å². The molecular formula is C7H8O7. The van der Waals surface area contributed by atoms with Crippen molar-refractivity contribution in [3.8, 4) is 0 Å². The summed E-state index contributed by atoms with van der Waals surface area (Å²) in [6.45, 7) is 4.15. The van der Waals surface area contributed by atoms with Crippen LogP contribution in [0.5, 0.6) is 0 Å². The summed E-state index contributed by atoms with van der Waals surface area (Å²) in [5.41, 5.74) is 0. The molecule has 0 radical (unpaired) electrons. The van der Waals surface area contributed by atoms with E-state index in [0.717, 1.165) is 6.92 Å². The molecule has 0 saturated heterocycles. The molecule has 0 saturated carbocycles. The summed E-state index contributed by atoms with van der Waals surface area (Å²) in [5.74, 6) is -0.891. The van der Waals surface area contributed by atoms with Crippen molar-refractivity contribution in [3.05, 3.63) is 12.7 Å². The van der Waals surface area contributed by atoms with Crippen LogP contribution in [0.15, 0.2) is 12.7 Å². The molecule has 0 aromatic rings. The van der Waals surface area contributed by atoms with E-state index in [0.29, 0.717) is 0 Å². The second kappa shape index (κ2) is 6.46. The molecule has 0 aromatic carbocycles. The fourth-order valence-electron chi connectivity index (χ4n) is 0.353. The third kappa shape index (κ3) is 6.65. The molecule has 7 heteroatoms. The van der Waals surface area contributed by atoms with Gasteiger partial charge in [0, 0.05) is 6.92 Å². The molecule has 0 amide bonds. The van der Waals surface area contributed by atoms with Crippen molar-refractivity contribution >= 4 is 18.3 Å². The zero-order valence-corrected chi connectivity index (χ0v) is 7.35. The predicted octanol–water partition coefficient (Wildman–Crippen LogP) is 0.940. The van der Waals surface area contributed by atoms with Crippen LogP contribution in [0.25, 0.3) is 0 Å². The Labute approximate surface area is 79.1 Å². The smallest absolute Gasteiger partial charge is 0.428 e. The van der Waals surface area contributed by atoms with Crippen LogP contribution in [0.4, 0.5) is 9.59 Å². The highest BCUT2D eigenvalue weighted by Gasteiger charge is 2.13. The Morgan fingerprint density at radius 3 is 2.29 bits per heavy atom. The number of hydrogen-bond donors (Lipinski definition) is 0. The lowest BCUT2D eigenvalue weighted by Crippen LogP contribution is -2.15. The zero-order chi connectivity index (χ0) is 11.0. The number of rotatable bonds is 2. The number of carbonyl (C=O) groups excluding carboxylic acids is 3. The van der Waals surface area contributed by atoms with Crippen LogP contribution in [-0.4, -0.2) is 24.9 Å². The Balaban J connectivity index is 3.60. The van der Waals surface area contributed by atoms with E-state index in [1.54, 1.807) is 0 Å². The van der Waals surface area contributed by atoms with E-state index in [2.05, 4.69) is 25.8 Å². The first-order valence-corrected chi connectivity index (χ1v) is 3.40. The minimum absolute atomic E-state index is 0.0933. The summed E-state index contributed by atoms with van der Waals surface area (Å²) >= 11 is 0. The number of ether oxygens (including phenoxy) is 2. The largest absolute Gasteiger partial charge is 0.558 e. The van der Waals surface area contributed by atoms with E-state index in [1.807, 2.05) is 0 Å². The molecule has 0 bridgehead atoms. The highest BCUT2D eigenvalue weighted by molar-refractivity contribution is 5.79. The van der Waals surface area contributed by atoms with E-state index in [9.17, 15) is 14.4 Å². The SMILES string of the molecule is C=CCOC(=O)OOC(=O)OC(C)=O. The van der Waals surface area contributed by atoms with Crippen molar-refractivity contribution < 1.29 is 33.6 Å². The Morgan fingerprint density at radius 2 is 1.79 bits per heavy atom. The Morgan fingerprint density at radius 1 is 1.21 bits per heavy atom. The van der Waals surface area contributed by atoms with Crippen molar-refractivity contribution in [3.63, 3.8) is 0 Å². The molecule has 0 N–H and O–H groups in total. The van der Waals surface area contributed by atoms with Crippen molar-refractivity contribution in [2.45, 2.75) is 6.92 Å². The van der Waals surface area contributed by atoms with Gasteiger partial charge in [-0.3, -0.25) is 4.79 Å². The molecule has 0 aromatic heterocycles. The number of esters is 1. The molecule has 0 spiro atoms. The average molecular weight is 204 g/mol. The second-order valence-electron chi connectivity index (χ2n) is 1.86. The molecule has 0 aliphatic rings. The molecule has 0 unspecified atom stereocenters. The highest BCUT2D eigenvalue weighted by Crippen LogP contribution is 1.91. The molecular weight excluding hydrogens is 196 g/mol. The average Bonchev–Trinajstić information content (AvgIpc) is 2.10. The Kier molecular flexibility index (Phi) is 5.52. The van der Waals surface area contributed by atoms with Crippen molar-refractivity contribution in [1.82, 2.24) is 0 Å². The Bertz CT molecular complexity index is 244.